The van der Waals surface area contributed by atoms with Crippen LogP contribution in [0.15, 0.2) is 11.5 Å². The van der Waals surface area contributed by atoms with E-state index in [1.807, 2.05) is 18.6 Å². The molecular formula is C6H12OS. The minimum Gasteiger partial charge on any atom is -0.389 e. The van der Waals surface area contributed by atoms with Gasteiger partial charge in [0, 0.05) is 0 Å². The molecule has 1 N–H and O–H groups in total. The summed E-state index contributed by atoms with van der Waals surface area (Å²) in [4.78, 5) is 0. The van der Waals surface area contributed by atoms with Gasteiger partial charge in [-0.15, -0.1) is 11.8 Å². The zero-order valence-electron chi connectivity index (χ0n) is 5.29. The maximum absolute atomic E-state index is 8.89. The molecule has 0 aliphatic carbocycles. The van der Waals surface area contributed by atoms with Crippen LogP contribution in [0.5, 0.6) is 0 Å². The van der Waals surface area contributed by atoms with Gasteiger partial charge in [-0.05, 0) is 24.2 Å². The Morgan fingerprint density at radius 3 is 2.75 bits per heavy atom. The monoisotopic (exact) mass is 132 g/mol. The summed E-state index contributed by atoms with van der Waals surface area (Å²) >= 11 is 1.60. The predicted molar refractivity (Wildman–Crippen MR) is 39.0 cm³/mol. The second kappa shape index (κ2) is 5.19. The van der Waals surface area contributed by atoms with Crippen LogP contribution >= 0.6 is 11.8 Å². The topological polar surface area (TPSA) is 20.2 Å². The van der Waals surface area contributed by atoms with Gasteiger partial charge < -0.3 is 5.11 Å². The molecule has 1 nitrogen and oxygen atoms in total. The van der Waals surface area contributed by atoms with Crippen molar-refractivity contribution < 1.29 is 5.11 Å². The highest BCUT2D eigenvalue weighted by atomic mass is 32.2. The fraction of sp³-hybridized carbons (Fsp3) is 0.667. The average Bonchev–Trinajstić information content (AvgIpc) is 1.83. The van der Waals surface area contributed by atoms with E-state index in [9.17, 15) is 0 Å². The molecule has 0 saturated carbocycles. The fourth-order valence-corrected chi connectivity index (χ4v) is 0.644. The highest BCUT2D eigenvalue weighted by molar-refractivity contribution is 8.01. The summed E-state index contributed by atoms with van der Waals surface area (Å²) in [6, 6.07) is 0. The summed E-state index contributed by atoms with van der Waals surface area (Å²) in [7, 11) is 0. The quantitative estimate of drug-likeness (QED) is 0.630. The standard InChI is InChI=1S/C6H12OS/c1-3-6(7)4-5-8-2/h4-7H,3H2,1-2H3/b5-4+. The van der Waals surface area contributed by atoms with Crippen LogP contribution in [0.4, 0.5) is 0 Å². The maximum Gasteiger partial charge on any atom is 0.0726 e. The first kappa shape index (κ1) is 8.05. The normalized spacial score (nSPS) is 14.9. The van der Waals surface area contributed by atoms with E-state index < -0.39 is 0 Å². The van der Waals surface area contributed by atoms with Crippen molar-refractivity contribution in [2.24, 2.45) is 0 Å². The minimum atomic E-state index is -0.248. The first-order chi connectivity index (χ1) is 3.81. The van der Waals surface area contributed by atoms with Crippen LogP contribution in [-0.2, 0) is 0 Å². The van der Waals surface area contributed by atoms with Gasteiger partial charge in [0.05, 0.1) is 6.10 Å². The Balaban J connectivity index is 3.21. The Bertz CT molecular complexity index is 70.9. The van der Waals surface area contributed by atoms with Gasteiger partial charge in [-0.1, -0.05) is 6.92 Å². The zero-order valence-corrected chi connectivity index (χ0v) is 6.11. The van der Waals surface area contributed by atoms with Crippen LogP contribution in [0.1, 0.15) is 13.3 Å². The lowest BCUT2D eigenvalue weighted by atomic mass is 10.3. The van der Waals surface area contributed by atoms with E-state index in [2.05, 4.69) is 0 Å². The molecule has 0 amide bonds. The molecule has 0 fully saturated rings. The van der Waals surface area contributed by atoms with E-state index in [4.69, 9.17) is 5.11 Å². The third-order valence-electron chi connectivity index (χ3n) is 0.855. The third-order valence-corrected chi connectivity index (χ3v) is 1.28. The van der Waals surface area contributed by atoms with Crippen LogP contribution in [0, 0.1) is 0 Å². The van der Waals surface area contributed by atoms with E-state index in [-0.39, 0.29) is 6.10 Å². The molecule has 0 aromatic rings. The molecule has 0 aliphatic heterocycles. The number of thioether (sulfide) groups is 1. The molecule has 1 unspecified atom stereocenters. The van der Waals surface area contributed by atoms with E-state index in [0.29, 0.717) is 0 Å². The number of hydrogen-bond acceptors (Lipinski definition) is 2. The van der Waals surface area contributed by atoms with E-state index in [1.165, 1.54) is 0 Å². The summed E-state index contributed by atoms with van der Waals surface area (Å²) in [6.07, 6.45) is 4.32. The molecule has 2 heteroatoms. The van der Waals surface area contributed by atoms with Crippen molar-refractivity contribution in [3.8, 4) is 0 Å². The van der Waals surface area contributed by atoms with Crippen LogP contribution in [-0.4, -0.2) is 17.5 Å². The maximum atomic E-state index is 8.89. The molecule has 48 valence electrons. The molecular weight excluding hydrogens is 120 g/mol. The lowest BCUT2D eigenvalue weighted by Gasteiger charge is -1.96. The molecule has 0 aromatic carbocycles. The number of aliphatic hydroxyl groups excluding tert-OH is 1. The lowest BCUT2D eigenvalue weighted by molar-refractivity contribution is 0.219. The van der Waals surface area contributed by atoms with Crippen molar-refractivity contribution in [1.82, 2.24) is 0 Å². The van der Waals surface area contributed by atoms with Gasteiger partial charge in [0.2, 0.25) is 0 Å². The van der Waals surface area contributed by atoms with Crippen molar-refractivity contribution in [3.63, 3.8) is 0 Å². The van der Waals surface area contributed by atoms with E-state index >= 15 is 0 Å². The summed E-state index contributed by atoms with van der Waals surface area (Å²) in [5.74, 6) is 0. The Labute approximate surface area is 54.8 Å². The van der Waals surface area contributed by atoms with Gasteiger partial charge in [0.25, 0.3) is 0 Å². The predicted octanol–water partition coefficient (Wildman–Crippen LogP) is 1.63. The third kappa shape index (κ3) is 4.22. The summed E-state index contributed by atoms with van der Waals surface area (Å²) in [6.45, 7) is 1.95. The summed E-state index contributed by atoms with van der Waals surface area (Å²) in [5.41, 5.74) is 0. The van der Waals surface area contributed by atoms with Gasteiger partial charge in [-0.3, -0.25) is 0 Å². The van der Waals surface area contributed by atoms with Crippen LogP contribution in [0.3, 0.4) is 0 Å². The molecule has 0 radical (unpaired) electrons. The SMILES string of the molecule is CCC(O)/C=C/SC. The minimum absolute atomic E-state index is 0.248. The van der Waals surface area contributed by atoms with Crippen molar-refractivity contribution >= 4 is 11.8 Å². The van der Waals surface area contributed by atoms with E-state index in [0.717, 1.165) is 6.42 Å². The van der Waals surface area contributed by atoms with Crippen molar-refractivity contribution in [2.45, 2.75) is 19.4 Å². The number of aliphatic hydroxyl groups is 1. The average molecular weight is 132 g/mol. The van der Waals surface area contributed by atoms with Crippen molar-refractivity contribution in [3.05, 3.63) is 11.5 Å². The van der Waals surface area contributed by atoms with Crippen LogP contribution < -0.4 is 0 Å². The highest BCUT2D eigenvalue weighted by Gasteiger charge is 1.89. The molecule has 0 spiro atoms. The van der Waals surface area contributed by atoms with Gasteiger partial charge in [-0.2, -0.15) is 0 Å². The van der Waals surface area contributed by atoms with E-state index in [1.54, 1.807) is 17.8 Å². The molecule has 1 atom stereocenters. The van der Waals surface area contributed by atoms with Gasteiger partial charge in [0.15, 0.2) is 0 Å². The fourth-order valence-electron chi connectivity index (χ4n) is 0.305. The molecule has 0 rings (SSSR count). The zero-order chi connectivity index (χ0) is 6.41. The summed E-state index contributed by atoms with van der Waals surface area (Å²) in [5, 5.41) is 10.8. The molecule has 0 aliphatic rings. The van der Waals surface area contributed by atoms with Crippen molar-refractivity contribution in [2.75, 3.05) is 6.26 Å². The second-order valence-electron chi connectivity index (χ2n) is 1.54. The van der Waals surface area contributed by atoms with Gasteiger partial charge in [-0.25, -0.2) is 0 Å². The molecule has 0 bridgehead atoms. The number of rotatable bonds is 3. The smallest absolute Gasteiger partial charge is 0.0726 e. The highest BCUT2D eigenvalue weighted by Crippen LogP contribution is 1.97. The second-order valence-corrected chi connectivity index (χ2v) is 2.28. The summed E-state index contributed by atoms with van der Waals surface area (Å²) < 4.78 is 0. The van der Waals surface area contributed by atoms with Gasteiger partial charge >= 0.3 is 0 Å². The largest absolute Gasteiger partial charge is 0.389 e. The molecule has 0 aromatic heterocycles. The van der Waals surface area contributed by atoms with Crippen molar-refractivity contribution in [1.29, 1.82) is 0 Å². The Morgan fingerprint density at radius 2 is 2.38 bits per heavy atom. The molecule has 0 heterocycles. The van der Waals surface area contributed by atoms with Gasteiger partial charge in [0.1, 0.15) is 0 Å². The van der Waals surface area contributed by atoms with Crippen LogP contribution in [0.25, 0.3) is 0 Å². The number of hydrogen-bond donors (Lipinski definition) is 1. The lowest BCUT2D eigenvalue weighted by Crippen LogP contribution is -1.96. The Kier molecular flexibility index (Phi) is 5.22. The molecule has 0 saturated heterocycles. The Morgan fingerprint density at radius 1 is 1.75 bits per heavy atom. The molecule has 8 heavy (non-hydrogen) atoms. The van der Waals surface area contributed by atoms with Crippen LogP contribution in [0.2, 0.25) is 0 Å². The first-order valence-corrected chi connectivity index (χ1v) is 3.97. The Hall–Kier alpha value is 0.0500. The first-order valence-electron chi connectivity index (χ1n) is 2.68.